The number of pyridine rings is 1. The van der Waals surface area contributed by atoms with Gasteiger partial charge >= 0.3 is 0 Å². The van der Waals surface area contributed by atoms with Crippen molar-refractivity contribution < 1.29 is 5.11 Å². The zero-order valence-electron chi connectivity index (χ0n) is 8.83. The van der Waals surface area contributed by atoms with E-state index in [4.69, 9.17) is 5.11 Å². The van der Waals surface area contributed by atoms with E-state index in [1.807, 2.05) is 12.3 Å². The molecule has 3 heteroatoms. The Balaban J connectivity index is 2.47. The molecule has 14 heavy (non-hydrogen) atoms. The van der Waals surface area contributed by atoms with Gasteiger partial charge in [-0.2, -0.15) is 0 Å². The molecular formula is C11H18N2O. The molecule has 0 bridgehead atoms. The van der Waals surface area contributed by atoms with Gasteiger partial charge in [-0.25, -0.2) is 0 Å². The number of nitrogens with one attached hydrogen (secondary N) is 1. The Morgan fingerprint density at radius 3 is 3.00 bits per heavy atom. The summed E-state index contributed by atoms with van der Waals surface area (Å²) in [5.41, 5.74) is 2.29. The first-order valence-corrected chi connectivity index (χ1v) is 5.02. The highest BCUT2D eigenvalue weighted by atomic mass is 16.2. The van der Waals surface area contributed by atoms with E-state index in [-0.39, 0.29) is 6.61 Å². The maximum absolute atomic E-state index is 8.70. The van der Waals surface area contributed by atoms with Gasteiger partial charge in [-0.1, -0.05) is 0 Å². The average Bonchev–Trinajstić information content (AvgIpc) is 2.18. The van der Waals surface area contributed by atoms with Gasteiger partial charge in [0.05, 0.1) is 11.9 Å². The second-order valence-corrected chi connectivity index (χ2v) is 3.60. The van der Waals surface area contributed by atoms with Crippen molar-refractivity contribution in [1.82, 2.24) is 4.98 Å². The van der Waals surface area contributed by atoms with E-state index in [2.05, 4.69) is 24.1 Å². The number of anilines is 1. The van der Waals surface area contributed by atoms with Gasteiger partial charge in [0.25, 0.3) is 0 Å². The molecule has 0 aliphatic carbocycles. The van der Waals surface area contributed by atoms with Crippen molar-refractivity contribution in [2.75, 3.05) is 11.9 Å². The van der Waals surface area contributed by atoms with Crippen molar-refractivity contribution in [1.29, 1.82) is 0 Å². The van der Waals surface area contributed by atoms with Gasteiger partial charge in [-0.05, 0) is 38.3 Å². The lowest BCUT2D eigenvalue weighted by atomic mass is 10.1. The van der Waals surface area contributed by atoms with E-state index < -0.39 is 0 Å². The summed E-state index contributed by atoms with van der Waals surface area (Å²) in [6.07, 6.45) is 5.45. The topological polar surface area (TPSA) is 45.2 Å². The van der Waals surface area contributed by atoms with E-state index in [1.54, 1.807) is 6.20 Å². The second kappa shape index (κ2) is 5.60. The van der Waals surface area contributed by atoms with E-state index >= 15 is 0 Å². The number of aliphatic hydroxyl groups is 1. The van der Waals surface area contributed by atoms with Crippen LogP contribution in [-0.4, -0.2) is 22.7 Å². The predicted molar refractivity (Wildman–Crippen MR) is 58.4 cm³/mol. The molecule has 0 aliphatic heterocycles. The molecule has 0 saturated heterocycles. The van der Waals surface area contributed by atoms with Gasteiger partial charge in [-0.15, -0.1) is 0 Å². The summed E-state index contributed by atoms with van der Waals surface area (Å²) >= 11 is 0. The Morgan fingerprint density at radius 1 is 1.57 bits per heavy atom. The van der Waals surface area contributed by atoms with Gasteiger partial charge in [0, 0.05) is 18.8 Å². The molecule has 0 aliphatic rings. The smallest absolute Gasteiger partial charge is 0.0558 e. The van der Waals surface area contributed by atoms with Crippen LogP contribution in [0.15, 0.2) is 18.5 Å². The molecule has 1 unspecified atom stereocenters. The molecule has 1 aromatic heterocycles. The maximum atomic E-state index is 8.70. The second-order valence-electron chi connectivity index (χ2n) is 3.60. The van der Waals surface area contributed by atoms with Crippen LogP contribution in [0.4, 0.5) is 5.69 Å². The minimum Gasteiger partial charge on any atom is -0.396 e. The largest absolute Gasteiger partial charge is 0.396 e. The zero-order valence-corrected chi connectivity index (χ0v) is 8.83. The number of aryl methyl sites for hydroxylation is 1. The first-order valence-electron chi connectivity index (χ1n) is 5.02. The van der Waals surface area contributed by atoms with Crippen molar-refractivity contribution >= 4 is 5.69 Å². The molecule has 0 fully saturated rings. The molecule has 1 atom stereocenters. The summed E-state index contributed by atoms with van der Waals surface area (Å²) in [5, 5.41) is 12.1. The quantitative estimate of drug-likeness (QED) is 0.753. The maximum Gasteiger partial charge on any atom is 0.0558 e. The lowest BCUT2D eigenvalue weighted by Crippen LogP contribution is -2.16. The number of hydrogen-bond acceptors (Lipinski definition) is 3. The molecule has 1 heterocycles. The van der Waals surface area contributed by atoms with Gasteiger partial charge in [0.2, 0.25) is 0 Å². The SMILES string of the molecule is Cc1ccncc1NC(C)CCCO. The number of nitrogens with zero attached hydrogens (tertiary/aromatic N) is 1. The summed E-state index contributed by atoms with van der Waals surface area (Å²) in [5.74, 6) is 0. The van der Waals surface area contributed by atoms with E-state index in [1.165, 1.54) is 5.56 Å². The van der Waals surface area contributed by atoms with Crippen molar-refractivity contribution in [3.05, 3.63) is 24.0 Å². The first-order chi connectivity index (χ1) is 6.74. The van der Waals surface area contributed by atoms with Crippen LogP contribution in [-0.2, 0) is 0 Å². The van der Waals surface area contributed by atoms with Crippen molar-refractivity contribution in [2.45, 2.75) is 32.7 Å². The number of aromatic nitrogens is 1. The minimum atomic E-state index is 0.262. The molecule has 0 radical (unpaired) electrons. The molecule has 1 aromatic rings. The summed E-state index contributed by atoms with van der Waals surface area (Å²) in [6.45, 7) is 4.43. The summed E-state index contributed by atoms with van der Waals surface area (Å²) < 4.78 is 0. The predicted octanol–water partition coefficient (Wildman–Crippen LogP) is 1.96. The molecule has 78 valence electrons. The highest BCUT2D eigenvalue weighted by molar-refractivity contribution is 5.48. The zero-order chi connectivity index (χ0) is 10.4. The van der Waals surface area contributed by atoms with E-state index in [0.717, 1.165) is 18.5 Å². The fourth-order valence-electron chi connectivity index (χ4n) is 1.35. The third-order valence-electron chi connectivity index (χ3n) is 2.24. The molecule has 2 N–H and O–H groups in total. The number of aliphatic hydroxyl groups excluding tert-OH is 1. The van der Waals surface area contributed by atoms with Crippen LogP contribution in [0.5, 0.6) is 0 Å². The molecule has 0 aromatic carbocycles. The monoisotopic (exact) mass is 194 g/mol. The summed E-state index contributed by atoms with van der Waals surface area (Å²) in [6, 6.07) is 2.37. The van der Waals surface area contributed by atoms with E-state index in [0.29, 0.717) is 6.04 Å². The van der Waals surface area contributed by atoms with Gasteiger partial charge in [0.1, 0.15) is 0 Å². The van der Waals surface area contributed by atoms with Gasteiger partial charge in [0.15, 0.2) is 0 Å². The number of hydrogen-bond donors (Lipinski definition) is 2. The first kappa shape index (κ1) is 11.0. The molecular weight excluding hydrogens is 176 g/mol. The van der Waals surface area contributed by atoms with Crippen molar-refractivity contribution in [2.24, 2.45) is 0 Å². The molecule has 3 nitrogen and oxygen atoms in total. The van der Waals surface area contributed by atoms with Crippen LogP contribution in [0.2, 0.25) is 0 Å². The third kappa shape index (κ3) is 3.34. The molecule has 0 amide bonds. The summed E-state index contributed by atoms with van der Waals surface area (Å²) in [4.78, 5) is 4.07. The highest BCUT2D eigenvalue weighted by Crippen LogP contribution is 2.13. The van der Waals surface area contributed by atoms with Crippen LogP contribution in [0.3, 0.4) is 0 Å². The lowest BCUT2D eigenvalue weighted by molar-refractivity contribution is 0.282. The lowest BCUT2D eigenvalue weighted by Gasteiger charge is -2.15. The summed E-state index contributed by atoms with van der Waals surface area (Å²) in [7, 11) is 0. The molecule has 1 rings (SSSR count). The van der Waals surface area contributed by atoms with Crippen molar-refractivity contribution in [3.8, 4) is 0 Å². The van der Waals surface area contributed by atoms with Crippen LogP contribution in [0, 0.1) is 6.92 Å². The normalized spacial score (nSPS) is 12.5. The van der Waals surface area contributed by atoms with Crippen molar-refractivity contribution in [3.63, 3.8) is 0 Å². The fraction of sp³-hybridized carbons (Fsp3) is 0.545. The Hall–Kier alpha value is -1.09. The van der Waals surface area contributed by atoms with Crippen LogP contribution < -0.4 is 5.32 Å². The fourth-order valence-corrected chi connectivity index (χ4v) is 1.35. The Labute approximate surface area is 85.2 Å². The average molecular weight is 194 g/mol. The Morgan fingerprint density at radius 2 is 2.36 bits per heavy atom. The van der Waals surface area contributed by atoms with Crippen LogP contribution >= 0.6 is 0 Å². The van der Waals surface area contributed by atoms with Gasteiger partial charge < -0.3 is 10.4 Å². The van der Waals surface area contributed by atoms with Crippen LogP contribution in [0.25, 0.3) is 0 Å². The Bertz CT molecular complexity index is 276. The van der Waals surface area contributed by atoms with Gasteiger partial charge in [-0.3, -0.25) is 4.98 Å². The Kier molecular flexibility index (Phi) is 4.40. The van der Waals surface area contributed by atoms with Crippen LogP contribution in [0.1, 0.15) is 25.3 Å². The standard InChI is InChI=1S/C11H18N2O/c1-9-5-6-12-8-11(9)13-10(2)4-3-7-14/h5-6,8,10,13-14H,3-4,7H2,1-2H3. The minimum absolute atomic E-state index is 0.262. The molecule has 0 saturated carbocycles. The highest BCUT2D eigenvalue weighted by Gasteiger charge is 2.03. The third-order valence-corrected chi connectivity index (χ3v) is 2.24. The van der Waals surface area contributed by atoms with E-state index in [9.17, 15) is 0 Å². The molecule has 0 spiro atoms. The number of rotatable bonds is 5.